The van der Waals surface area contributed by atoms with Crippen LogP contribution >= 0.6 is 0 Å². The maximum absolute atomic E-state index is 8.46. The van der Waals surface area contributed by atoms with Gasteiger partial charge in [-0.15, -0.1) is 5.10 Å². The molecule has 0 aliphatic carbocycles. The number of hydrogen-bond acceptors (Lipinski definition) is 3. The van der Waals surface area contributed by atoms with Crippen LogP contribution < -0.4 is 0 Å². The third-order valence-corrected chi connectivity index (χ3v) is 1.35. The van der Waals surface area contributed by atoms with Gasteiger partial charge in [0.1, 0.15) is 12.3 Å². The van der Waals surface area contributed by atoms with Crippen LogP contribution in [0.1, 0.15) is 19.0 Å². The first-order chi connectivity index (χ1) is 5.88. The number of aromatic nitrogens is 3. The molecule has 0 spiro atoms. The summed E-state index contributed by atoms with van der Waals surface area (Å²) in [6.45, 7) is 2.75. The molecule has 0 amide bonds. The topological polar surface area (TPSA) is 50.9 Å². The fourth-order valence-corrected chi connectivity index (χ4v) is 0.862. The predicted octanol–water partition coefficient (Wildman–Crippen LogP) is 0.0319. The molecule has 0 aliphatic heterocycles. The molecular weight excluding hydrogens is 154 g/mol. The van der Waals surface area contributed by atoms with Crippen molar-refractivity contribution in [2.45, 2.75) is 19.9 Å². The van der Waals surface area contributed by atoms with E-state index in [4.69, 9.17) is 5.11 Å². The summed E-state index contributed by atoms with van der Waals surface area (Å²) in [5.74, 6) is 5.32. The van der Waals surface area contributed by atoms with E-state index in [1.807, 2.05) is 0 Å². The molecule has 4 nitrogen and oxygen atoms in total. The first-order valence-electron chi connectivity index (χ1n) is 3.86. The smallest absolute Gasteiger partial charge is 0.131 e. The number of aliphatic hydroxyl groups excluding tert-OH is 1. The SMILES string of the molecule is CCCn1nncc1C#CCO. The van der Waals surface area contributed by atoms with E-state index in [-0.39, 0.29) is 6.61 Å². The minimum atomic E-state index is -0.128. The Hall–Kier alpha value is -1.34. The van der Waals surface area contributed by atoms with Crippen LogP contribution in [-0.4, -0.2) is 26.7 Å². The molecule has 0 saturated heterocycles. The lowest BCUT2D eigenvalue weighted by Gasteiger charge is -1.96. The third kappa shape index (κ3) is 2.07. The molecular formula is C8H11N3O. The van der Waals surface area contributed by atoms with Crippen molar-refractivity contribution in [3.05, 3.63) is 11.9 Å². The van der Waals surface area contributed by atoms with E-state index >= 15 is 0 Å². The van der Waals surface area contributed by atoms with E-state index in [1.54, 1.807) is 10.9 Å². The van der Waals surface area contributed by atoms with Gasteiger partial charge in [-0.05, 0) is 12.3 Å². The van der Waals surface area contributed by atoms with E-state index in [9.17, 15) is 0 Å². The molecule has 4 heteroatoms. The summed E-state index contributed by atoms with van der Waals surface area (Å²) in [6.07, 6.45) is 2.59. The minimum Gasteiger partial charge on any atom is -0.384 e. The van der Waals surface area contributed by atoms with Gasteiger partial charge in [-0.3, -0.25) is 0 Å². The van der Waals surface area contributed by atoms with Crippen LogP contribution in [0, 0.1) is 11.8 Å². The van der Waals surface area contributed by atoms with Crippen molar-refractivity contribution in [1.82, 2.24) is 15.0 Å². The highest BCUT2D eigenvalue weighted by molar-refractivity contribution is 5.24. The Labute approximate surface area is 71.2 Å². The zero-order valence-corrected chi connectivity index (χ0v) is 6.99. The molecule has 0 fully saturated rings. The summed E-state index contributed by atoms with van der Waals surface area (Å²) in [4.78, 5) is 0. The summed E-state index contributed by atoms with van der Waals surface area (Å²) in [5.41, 5.74) is 0.755. The predicted molar refractivity (Wildman–Crippen MR) is 44.3 cm³/mol. The molecule has 0 aliphatic rings. The molecule has 1 aromatic rings. The normalized spacial score (nSPS) is 9.17. The Bertz CT molecular complexity index is 295. The zero-order valence-electron chi connectivity index (χ0n) is 6.99. The fourth-order valence-electron chi connectivity index (χ4n) is 0.862. The first-order valence-corrected chi connectivity index (χ1v) is 3.86. The van der Waals surface area contributed by atoms with Crippen LogP contribution in [0.15, 0.2) is 6.20 Å². The van der Waals surface area contributed by atoms with Crippen LogP contribution in [0.2, 0.25) is 0 Å². The van der Waals surface area contributed by atoms with Crippen molar-refractivity contribution < 1.29 is 5.11 Å². The molecule has 0 atom stereocenters. The van der Waals surface area contributed by atoms with Gasteiger partial charge in [0.25, 0.3) is 0 Å². The maximum atomic E-state index is 8.46. The lowest BCUT2D eigenvalue weighted by atomic mass is 10.4. The van der Waals surface area contributed by atoms with E-state index in [0.29, 0.717) is 0 Å². The second-order valence-electron chi connectivity index (χ2n) is 2.30. The average Bonchev–Trinajstić information content (AvgIpc) is 2.50. The highest BCUT2D eigenvalue weighted by Crippen LogP contribution is 1.94. The van der Waals surface area contributed by atoms with E-state index in [0.717, 1.165) is 18.7 Å². The van der Waals surface area contributed by atoms with Crippen molar-refractivity contribution in [3.63, 3.8) is 0 Å². The molecule has 0 aromatic carbocycles. The molecule has 64 valence electrons. The summed E-state index contributed by atoms with van der Waals surface area (Å²) in [5, 5.41) is 16.0. The third-order valence-electron chi connectivity index (χ3n) is 1.35. The van der Waals surface area contributed by atoms with Crippen LogP contribution in [0.5, 0.6) is 0 Å². The van der Waals surface area contributed by atoms with Gasteiger partial charge in [0.15, 0.2) is 0 Å². The Morgan fingerprint density at radius 3 is 3.17 bits per heavy atom. The maximum Gasteiger partial charge on any atom is 0.131 e. The first kappa shape index (κ1) is 8.75. The summed E-state index contributed by atoms with van der Waals surface area (Å²) in [6, 6.07) is 0. The second kappa shape index (κ2) is 4.52. The lowest BCUT2D eigenvalue weighted by molar-refractivity contribution is 0.350. The van der Waals surface area contributed by atoms with Gasteiger partial charge < -0.3 is 5.11 Å². The molecule has 12 heavy (non-hydrogen) atoms. The molecule has 0 bridgehead atoms. The molecule has 0 unspecified atom stereocenters. The van der Waals surface area contributed by atoms with E-state index < -0.39 is 0 Å². The Kier molecular flexibility index (Phi) is 3.30. The lowest BCUT2D eigenvalue weighted by Crippen LogP contribution is -2.01. The van der Waals surface area contributed by atoms with Crippen molar-refractivity contribution in [1.29, 1.82) is 0 Å². The monoisotopic (exact) mass is 165 g/mol. The number of aliphatic hydroxyl groups is 1. The standard InChI is InChI=1S/C8H11N3O/c1-2-5-11-8(4-3-6-12)7-9-10-11/h7,12H,2,5-6H2,1H3. The number of rotatable bonds is 2. The Morgan fingerprint density at radius 1 is 1.67 bits per heavy atom. The zero-order chi connectivity index (χ0) is 8.81. The number of hydrogen-bond donors (Lipinski definition) is 1. The van der Waals surface area contributed by atoms with Gasteiger partial charge in [0, 0.05) is 6.54 Å². The van der Waals surface area contributed by atoms with Crippen LogP contribution in [0.3, 0.4) is 0 Å². The average molecular weight is 165 g/mol. The summed E-state index contributed by atoms with van der Waals surface area (Å²) in [7, 11) is 0. The van der Waals surface area contributed by atoms with E-state index in [2.05, 4.69) is 29.1 Å². The number of aryl methyl sites for hydroxylation is 1. The van der Waals surface area contributed by atoms with Crippen molar-refractivity contribution in [2.24, 2.45) is 0 Å². The van der Waals surface area contributed by atoms with Crippen LogP contribution in [0.25, 0.3) is 0 Å². The summed E-state index contributed by atoms with van der Waals surface area (Å²) >= 11 is 0. The number of nitrogens with zero attached hydrogens (tertiary/aromatic N) is 3. The second-order valence-corrected chi connectivity index (χ2v) is 2.30. The molecule has 1 N–H and O–H groups in total. The van der Waals surface area contributed by atoms with Crippen molar-refractivity contribution in [3.8, 4) is 11.8 Å². The fraction of sp³-hybridized carbons (Fsp3) is 0.500. The van der Waals surface area contributed by atoms with Crippen molar-refractivity contribution in [2.75, 3.05) is 6.61 Å². The van der Waals surface area contributed by atoms with Gasteiger partial charge in [0.2, 0.25) is 0 Å². The Balaban J connectivity index is 2.76. The molecule has 0 saturated carbocycles. The van der Waals surface area contributed by atoms with Gasteiger partial charge in [0.05, 0.1) is 6.20 Å². The van der Waals surface area contributed by atoms with Crippen LogP contribution in [-0.2, 0) is 6.54 Å². The van der Waals surface area contributed by atoms with Gasteiger partial charge >= 0.3 is 0 Å². The van der Waals surface area contributed by atoms with Crippen LogP contribution in [0.4, 0.5) is 0 Å². The highest BCUT2D eigenvalue weighted by atomic mass is 16.2. The van der Waals surface area contributed by atoms with Gasteiger partial charge in [-0.25, -0.2) is 4.68 Å². The van der Waals surface area contributed by atoms with E-state index in [1.165, 1.54) is 0 Å². The largest absolute Gasteiger partial charge is 0.384 e. The van der Waals surface area contributed by atoms with Gasteiger partial charge in [-0.1, -0.05) is 18.1 Å². The molecule has 1 heterocycles. The molecule has 0 radical (unpaired) electrons. The molecule has 1 rings (SSSR count). The summed E-state index contributed by atoms with van der Waals surface area (Å²) < 4.78 is 1.72. The quantitative estimate of drug-likeness (QED) is 0.629. The minimum absolute atomic E-state index is 0.128. The van der Waals surface area contributed by atoms with Crippen molar-refractivity contribution >= 4 is 0 Å². The Morgan fingerprint density at radius 2 is 2.50 bits per heavy atom. The highest BCUT2D eigenvalue weighted by Gasteiger charge is 1.97. The molecule has 1 aromatic heterocycles. The van der Waals surface area contributed by atoms with Gasteiger partial charge in [-0.2, -0.15) is 0 Å².